The molecule has 5 aromatic rings. The van der Waals surface area contributed by atoms with Gasteiger partial charge in [0.15, 0.2) is 0 Å². The third-order valence-corrected chi connectivity index (χ3v) is 5.66. The first kappa shape index (κ1) is 21.3. The van der Waals surface area contributed by atoms with Crippen molar-refractivity contribution in [1.29, 1.82) is 0 Å². The highest BCUT2D eigenvalue weighted by Crippen LogP contribution is 2.24. The van der Waals surface area contributed by atoms with Crippen LogP contribution in [-0.2, 0) is 13.1 Å². The summed E-state index contributed by atoms with van der Waals surface area (Å²) in [5, 5.41) is 3.84. The zero-order valence-electron chi connectivity index (χ0n) is 18.4. The van der Waals surface area contributed by atoms with Crippen LogP contribution < -0.4 is 10.9 Å². The molecular weight excluding hydrogens is 424 g/mol. The summed E-state index contributed by atoms with van der Waals surface area (Å²) >= 11 is 0. The van der Waals surface area contributed by atoms with Crippen LogP contribution in [0.15, 0.2) is 108 Å². The van der Waals surface area contributed by atoms with Gasteiger partial charge >= 0.3 is 0 Å². The van der Waals surface area contributed by atoms with E-state index in [1.54, 1.807) is 35.3 Å². The van der Waals surface area contributed by atoms with Crippen LogP contribution in [0.25, 0.3) is 22.2 Å². The molecule has 1 amide bonds. The number of benzene rings is 2. The van der Waals surface area contributed by atoms with Gasteiger partial charge < -0.3 is 9.88 Å². The summed E-state index contributed by atoms with van der Waals surface area (Å²) in [5.74, 6) is -0.158. The molecule has 3 aromatic heterocycles. The second-order valence-corrected chi connectivity index (χ2v) is 7.97. The van der Waals surface area contributed by atoms with Crippen molar-refractivity contribution in [1.82, 2.24) is 19.9 Å². The number of carbonyl (C=O) groups excluding carboxylic acids is 1. The third kappa shape index (κ3) is 4.61. The lowest BCUT2D eigenvalue weighted by Gasteiger charge is -2.11. The molecule has 1 N–H and O–H groups in total. The van der Waals surface area contributed by atoms with Crippen molar-refractivity contribution in [2.24, 2.45) is 0 Å². The Kier molecular flexibility index (Phi) is 5.95. The van der Waals surface area contributed by atoms with E-state index < -0.39 is 0 Å². The maximum absolute atomic E-state index is 13.2. The molecule has 0 aliphatic carbocycles. The van der Waals surface area contributed by atoms with Crippen molar-refractivity contribution in [3.05, 3.63) is 131 Å². The molecule has 6 nitrogen and oxygen atoms in total. The largest absolute Gasteiger partial charge is 0.348 e. The molecule has 0 bridgehead atoms. The van der Waals surface area contributed by atoms with E-state index in [-0.39, 0.29) is 11.5 Å². The molecule has 6 heteroatoms. The van der Waals surface area contributed by atoms with Crippen molar-refractivity contribution in [3.63, 3.8) is 0 Å². The molecule has 3 heterocycles. The van der Waals surface area contributed by atoms with Gasteiger partial charge in [-0.05, 0) is 41.5 Å². The molecule has 0 saturated carbocycles. The van der Waals surface area contributed by atoms with Gasteiger partial charge in [0, 0.05) is 42.2 Å². The molecule has 5 rings (SSSR count). The number of pyridine rings is 3. The average molecular weight is 447 g/mol. The van der Waals surface area contributed by atoms with E-state index in [9.17, 15) is 9.59 Å². The highest BCUT2D eigenvalue weighted by atomic mass is 16.1. The van der Waals surface area contributed by atoms with Crippen LogP contribution >= 0.6 is 0 Å². The summed E-state index contributed by atoms with van der Waals surface area (Å²) in [6.45, 7) is 0.902. The zero-order chi connectivity index (χ0) is 23.3. The fourth-order valence-corrected chi connectivity index (χ4v) is 3.86. The summed E-state index contributed by atoms with van der Waals surface area (Å²) in [5.41, 5.74) is 4.94. The van der Waals surface area contributed by atoms with E-state index in [2.05, 4.69) is 10.3 Å². The minimum absolute atomic E-state index is 0.0328. The van der Waals surface area contributed by atoms with Gasteiger partial charge in [0.05, 0.1) is 23.3 Å². The Balaban J connectivity index is 1.34. The van der Waals surface area contributed by atoms with Gasteiger partial charge in [-0.1, -0.05) is 48.5 Å². The number of nitrogens with one attached hydrogen (secondary N) is 1. The second-order valence-electron chi connectivity index (χ2n) is 7.97. The van der Waals surface area contributed by atoms with Gasteiger partial charge in [0.25, 0.3) is 11.5 Å². The van der Waals surface area contributed by atoms with Crippen LogP contribution in [0.5, 0.6) is 0 Å². The van der Waals surface area contributed by atoms with E-state index in [0.717, 1.165) is 33.3 Å². The normalized spacial score (nSPS) is 10.8. The Morgan fingerprint density at radius 1 is 0.853 bits per heavy atom. The molecule has 0 saturated heterocycles. The number of aromatic nitrogens is 3. The van der Waals surface area contributed by atoms with E-state index >= 15 is 0 Å². The summed E-state index contributed by atoms with van der Waals surface area (Å²) < 4.78 is 1.66. The molecule has 0 aliphatic rings. The number of hydrogen-bond donors (Lipinski definition) is 1. The van der Waals surface area contributed by atoms with Crippen LogP contribution in [0.4, 0.5) is 0 Å². The quantitative estimate of drug-likeness (QED) is 0.418. The average Bonchev–Trinajstić information content (AvgIpc) is 2.89. The molecule has 0 spiro atoms. The minimum Gasteiger partial charge on any atom is -0.348 e. The maximum Gasteiger partial charge on any atom is 0.252 e. The predicted octanol–water partition coefficient (Wildman–Crippen LogP) is 4.44. The van der Waals surface area contributed by atoms with Crippen molar-refractivity contribution < 1.29 is 4.79 Å². The number of carbonyl (C=O) groups is 1. The Morgan fingerprint density at radius 3 is 2.38 bits per heavy atom. The molecule has 34 heavy (non-hydrogen) atoms. The van der Waals surface area contributed by atoms with Gasteiger partial charge in [-0.15, -0.1) is 0 Å². The Labute approximate surface area is 196 Å². The van der Waals surface area contributed by atoms with Gasteiger partial charge in [-0.25, -0.2) is 4.98 Å². The highest BCUT2D eigenvalue weighted by molar-refractivity contribution is 6.07. The van der Waals surface area contributed by atoms with E-state index in [0.29, 0.717) is 18.7 Å². The number of amides is 1. The van der Waals surface area contributed by atoms with Crippen LogP contribution in [0, 0.1) is 0 Å². The Bertz CT molecular complexity index is 1510. The smallest absolute Gasteiger partial charge is 0.252 e. The predicted molar refractivity (Wildman–Crippen MR) is 132 cm³/mol. The van der Waals surface area contributed by atoms with Crippen LogP contribution in [0.3, 0.4) is 0 Å². The van der Waals surface area contributed by atoms with Crippen LogP contribution in [-0.4, -0.2) is 20.4 Å². The lowest BCUT2D eigenvalue weighted by Crippen LogP contribution is -2.23. The number of para-hydroxylation sites is 1. The first-order chi connectivity index (χ1) is 16.7. The monoisotopic (exact) mass is 446 g/mol. The summed E-state index contributed by atoms with van der Waals surface area (Å²) in [7, 11) is 0. The van der Waals surface area contributed by atoms with Gasteiger partial charge in [-0.3, -0.25) is 14.6 Å². The molecule has 166 valence electrons. The van der Waals surface area contributed by atoms with Gasteiger partial charge in [-0.2, -0.15) is 0 Å². The molecule has 0 fully saturated rings. The number of nitrogens with zero attached hydrogens (tertiary/aromatic N) is 3. The Hall–Kier alpha value is -4.58. The standard InChI is InChI=1S/C28H22N4O2/c33-27-7-3-4-16-32(27)19-21-10-8-20(9-11-21)18-30-28(34)24-17-26(22-12-14-29-15-13-22)31-25-6-2-1-5-23(24)25/h1-17H,18-19H2,(H,30,34). The van der Waals surface area contributed by atoms with Crippen molar-refractivity contribution in [2.45, 2.75) is 13.1 Å². The van der Waals surface area contributed by atoms with Crippen LogP contribution in [0.1, 0.15) is 21.5 Å². The summed E-state index contributed by atoms with van der Waals surface area (Å²) in [6, 6.07) is 26.2. The number of rotatable bonds is 6. The number of hydrogen-bond acceptors (Lipinski definition) is 4. The van der Waals surface area contributed by atoms with Gasteiger partial charge in [0.1, 0.15) is 0 Å². The zero-order valence-corrected chi connectivity index (χ0v) is 18.4. The van der Waals surface area contributed by atoms with E-state index in [1.165, 1.54) is 0 Å². The maximum atomic E-state index is 13.2. The number of fused-ring (bicyclic) bond motifs is 1. The fourth-order valence-electron chi connectivity index (χ4n) is 3.86. The SMILES string of the molecule is O=C(NCc1ccc(Cn2ccccc2=O)cc1)c1cc(-c2ccncc2)nc2ccccc12. The van der Waals surface area contributed by atoms with Gasteiger partial charge in [0.2, 0.25) is 0 Å². The van der Waals surface area contributed by atoms with Crippen LogP contribution in [0.2, 0.25) is 0 Å². The van der Waals surface area contributed by atoms with E-state index in [1.807, 2.05) is 72.8 Å². The molecule has 0 aliphatic heterocycles. The first-order valence-electron chi connectivity index (χ1n) is 11.0. The molecular formula is C28H22N4O2. The first-order valence-corrected chi connectivity index (χ1v) is 11.0. The lowest BCUT2D eigenvalue weighted by molar-refractivity contribution is 0.0952. The van der Waals surface area contributed by atoms with E-state index in [4.69, 9.17) is 4.98 Å². The molecule has 0 atom stereocenters. The third-order valence-electron chi connectivity index (χ3n) is 5.66. The lowest BCUT2D eigenvalue weighted by atomic mass is 10.0. The van der Waals surface area contributed by atoms with Crippen molar-refractivity contribution in [2.75, 3.05) is 0 Å². The highest BCUT2D eigenvalue weighted by Gasteiger charge is 2.14. The summed E-state index contributed by atoms with van der Waals surface area (Å²) in [4.78, 5) is 33.9. The molecule has 2 aromatic carbocycles. The molecule has 0 radical (unpaired) electrons. The summed E-state index contributed by atoms with van der Waals surface area (Å²) in [6.07, 6.45) is 5.20. The fraction of sp³-hybridized carbons (Fsp3) is 0.0714. The topological polar surface area (TPSA) is 76.9 Å². The minimum atomic E-state index is -0.158. The molecule has 0 unspecified atom stereocenters. The van der Waals surface area contributed by atoms with Crippen molar-refractivity contribution >= 4 is 16.8 Å². The van der Waals surface area contributed by atoms with Crippen molar-refractivity contribution in [3.8, 4) is 11.3 Å². The Morgan fingerprint density at radius 2 is 1.59 bits per heavy atom. The second kappa shape index (κ2) is 9.50.